The third-order valence-electron chi connectivity index (χ3n) is 3.11. The number of hydrogen-bond acceptors (Lipinski definition) is 3. The lowest BCUT2D eigenvalue weighted by Crippen LogP contribution is -2.45. The maximum atomic E-state index is 12.4. The summed E-state index contributed by atoms with van der Waals surface area (Å²) in [6.45, 7) is 4.42. The summed E-state index contributed by atoms with van der Waals surface area (Å²) in [7, 11) is -4.34. The molecule has 1 aromatic carbocycles. The highest BCUT2D eigenvalue weighted by molar-refractivity contribution is 7.89. The number of sulfonamides is 1. The smallest absolute Gasteiger partial charge is 0.243 e. The standard InChI is InChI=1S/C12H17NO3S2/c1-10-3-5-12(6-4-10)18(15,16)13-7-8-17(14)11(2)9-13/h3-6,11H,7-9H2,1-2H3/t11-,17+/m1/s1. The van der Waals surface area contributed by atoms with Gasteiger partial charge >= 0.3 is 0 Å². The predicted molar refractivity (Wildman–Crippen MR) is 72.4 cm³/mol. The molecule has 0 N–H and O–H groups in total. The number of nitrogens with zero attached hydrogens (tertiary/aromatic N) is 1. The van der Waals surface area contributed by atoms with Crippen LogP contribution in [0.2, 0.25) is 0 Å². The van der Waals surface area contributed by atoms with Gasteiger partial charge in [0, 0.05) is 34.9 Å². The second-order valence-electron chi connectivity index (χ2n) is 4.57. The van der Waals surface area contributed by atoms with Crippen LogP contribution in [0.3, 0.4) is 0 Å². The highest BCUT2D eigenvalue weighted by Crippen LogP contribution is 2.20. The monoisotopic (exact) mass is 287 g/mol. The van der Waals surface area contributed by atoms with E-state index in [-0.39, 0.29) is 5.25 Å². The largest absolute Gasteiger partial charge is 0.259 e. The summed E-state index contributed by atoms with van der Waals surface area (Å²) >= 11 is 0. The van der Waals surface area contributed by atoms with E-state index in [0.717, 1.165) is 5.56 Å². The molecule has 6 heteroatoms. The Bertz CT molecular complexity index is 551. The maximum absolute atomic E-state index is 12.4. The van der Waals surface area contributed by atoms with Gasteiger partial charge in [-0.05, 0) is 26.0 Å². The predicted octanol–water partition coefficient (Wildman–Crippen LogP) is 1.14. The minimum absolute atomic E-state index is 0.0982. The summed E-state index contributed by atoms with van der Waals surface area (Å²) in [5.74, 6) is 0.423. The third kappa shape index (κ3) is 2.65. The van der Waals surface area contributed by atoms with E-state index in [4.69, 9.17) is 0 Å². The van der Waals surface area contributed by atoms with Gasteiger partial charge in [0.15, 0.2) is 0 Å². The van der Waals surface area contributed by atoms with E-state index in [1.807, 2.05) is 13.8 Å². The lowest BCUT2D eigenvalue weighted by molar-refractivity contribution is 0.417. The van der Waals surface area contributed by atoms with Crippen molar-refractivity contribution in [2.45, 2.75) is 24.0 Å². The van der Waals surface area contributed by atoms with E-state index in [0.29, 0.717) is 23.7 Å². The number of hydrogen-bond donors (Lipinski definition) is 0. The van der Waals surface area contributed by atoms with Crippen molar-refractivity contribution < 1.29 is 12.6 Å². The molecule has 0 aliphatic carbocycles. The molecule has 0 saturated carbocycles. The van der Waals surface area contributed by atoms with E-state index in [1.54, 1.807) is 24.3 Å². The molecule has 100 valence electrons. The molecular formula is C12H17NO3S2. The van der Waals surface area contributed by atoms with Crippen LogP contribution in [0.5, 0.6) is 0 Å². The van der Waals surface area contributed by atoms with E-state index >= 15 is 0 Å². The van der Waals surface area contributed by atoms with E-state index in [2.05, 4.69) is 0 Å². The van der Waals surface area contributed by atoms with Crippen LogP contribution in [0.15, 0.2) is 29.2 Å². The Balaban J connectivity index is 2.26. The summed E-state index contributed by atoms with van der Waals surface area (Å²) in [6, 6.07) is 6.83. The van der Waals surface area contributed by atoms with Gasteiger partial charge in [-0.25, -0.2) is 8.42 Å². The Morgan fingerprint density at radius 2 is 1.89 bits per heavy atom. The maximum Gasteiger partial charge on any atom is 0.243 e. The number of rotatable bonds is 2. The Hall–Kier alpha value is -0.720. The second kappa shape index (κ2) is 5.11. The molecule has 0 aromatic heterocycles. The van der Waals surface area contributed by atoms with Crippen LogP contribution in [-0.4, -0.2) is 41.0 Å². The molecule has 1 aliphatic heterocycles. The fraction of sp³-hybridized carbons (Fsp3) is 0.500. The van der Waals surface area contributed by atoms with Crippen LogP contribution < -0.4 is 0 Å². The van der Waals surface area contributed by atoms with Gasteiger partial charge < -0.3 is 0 Å². The Labute approximate surface area is 111 Å². The topological polar surface area (TPSA) is 54.5 Å². The summed E-state index contributed by atoms with van der Waals surface area (Å²) in [4.78, 5) is 0.313. The van der Waals surface area contributed by atoms with Crippen LogP contribution in [0.1, 0.15) is 12.5 Å². The minimum Gasteiger partial charge on any atom is -0.259 e. The highest BCUT2D eigenvalue weighted by atomic mass is 32.2. The Kier molecular flexibility index (Phi) is 3.89. The van der Waals surface area contributed by atoms with Crippen molar-refractivity contribution in [3.63, 3.8) is 0 Å². The van der Waals surface area contributed by atoms with Crippen LogP contribution in [0.4, 0.5) is 0 Å². The van der Waals surface area contributed by atoms with Gasteiger partial charge in [0.2, 0.25) is 10.0 Å². The van der Waals surface area contributed by atoms with Crippen LogP contribution in [0, 0.1) is 6.92 Å². The van der Waals surface area contributed by atoms with Crippen molar-refractivity contribution in [3.05, 3.63) is 29.8 Å². The first kappa shape index (κ1) is 13.7. The van der Waals surface area contributed by atoms with E-state index in [1.165, 1.54) is 4.31 Å². The molecule has 1 fully saturated rings. The first-order chi connectivity index (χ1) is 8.41. The van der Waals surface area contributed by atoms with Gasteiger partial charge in [-0.3, -0.25) is 4.21 Å². The van der Waals surface area contributed by atoms with Gasteiger partial charge in [-0.1, -0.05) is 17.7 Å². The number of benzene rings is 1. The van der Waals surface area contributed by atoms with Crippen molar-refractivity contribution >= 4 is 20.8 Å². The van der Waals surface area contributed by atoms with Crippen molar-refractivity contribution in [1.82, 2.24) is 4.31 Å². The van der Waals surface area contributed by atoms with Crippen LogP contribution in [-0.2, 0) is 20.8 Å². The molecule has 1 aliphatic rings. The molecule has 2 rings (SSSR count). The first-order valence-electron chi connectivity index (χ1n) is 5.85. The molecule has 0 amide bonds. The molecule has 0 unspecified atom stereocenters. The molecule has 4 nitrogen and oxygen atoms in total. The van der Waals surface area contributed by atoms with Gasteiger partial charge in [0.1, 0.15) is 0 Å². The molecule has 0 bridgehead atoms. The van der Waals surface area contributed by atoms with Gasteiger partial charge in [-0.2, -0.15) is 4.31 Å². The normalized spacial score (nSPS) is 26.1. The summed E-state index contributed by atoms with van der Waals surface area (Å²) in [5, 5.41) is -0.0982. The highest BCUT2D eigenvalue weighted by Gasteiger charge is 2.31. The molecule has 0 spiro atoms. The van der Waals surface area contributed by atoms with Crippen LogP contribution >= 0.6 is 0 Å². The zero-order chi connectivity index (χ0) is 13.3. The van der Waals surface area contributed by atoms with Gasteiger partial charge in [0.25, 0.3) is 0 Å². The summed E-state index contributed by atoms with van der Waals surface area (Å²) < 4.78 is 37.7. The Morgan fingerprint density at radius 1 is 1.28 bits per heavy atom. The fourth-order valence-electron chi connectivity index (χ4n) is 1.93. The average Bonchev–Trinajstić information content (AvgIpc) is 2.33. The van der Waals surface area contributed by atoms with Gasteiger partial charge in [-0.15, -0.1) is 0 Å². The minimum atomic E-state index is -3.44. The van der Waals surface area contributed by atoms with Crippen molar-refractivity contribution in [2.75, 3.05) is 18.8 Å². The first-order valence-corrected chi connectivity index (χ1v) is 8.67. The molecule has 1 saturated heterocycles. The van der Waals surface area contributed by atoms with Crippen molar-refractivity contribution in [1.29, 1.82) is 0 Å². The van der Waals surface area contributed by atoms with Crippen molar-refractivity contribution in [2.24, 2.45) is 0 Å². The average molecular weight is 287 g/mol. The molecular weight excluding hydrogens is 270 g/mol. The second-order valence-corrected chi connectivity index (χ2v) is 8.48. The zero-order valence-corrected chi connectivity index (χ0v) is 12.1. The molecule has 0 radical (unpaired) electrons. The van der Waals surface area contributed by atoms with Crippen molar-refractivity contribution in [3.8, 4) is 0 Å². The fourth-order valence-corrected chi connectivity index (χ4v) is 4.82. The summed E-state index contributed by atoms with van der Waals surface area (Å²) in [6.07, 6.45) is 0. The summed E-state index contributed by atoms with van der Waals surface area (Å²) in [5.41, 5.74) is 1.03. The molecule has 1 aromatic rings. The molecule has 2 atom stereocenters. The Morgan fingerprint density at radius 3 is 2.44 bits per heavy atom. The quantitative estimate of drug-likeness (QED) is 0.819. The number of aryl methyl sites for hydroxylation is 1. The lowest BCUT2D eigenvalue weighted by Gasteiger charge is -2.29. The van der Waals surface area contributed by atoms with Crippen LogP contribution in [0.25, 0.3) is 0 Å². The third-order valence-corrected chi connectivity index (χ3v) is 6.62. The lowest BCUT2D eigenvalue weighted by atomic mass is 10.2. The van der Waals surface area contributed by atoms with E-state index < -0.39 is 20.8 Å². The van der Waals surface area contributed by atoms with Gasteiger partial charge in [0.05, 0.1) is 4.90 Å². The van der Waals surface area contributed by atoms with E-state index in [9.17, 15) is 12.6 Å². The SMILES string of the molecule is Cc1ccc(S(=O)(=O)N2CC[S@](=O)[C@H](C)C2)cc1. The molecule has 1 heterocycles. The zero-order valence-electron chi connectivity index (χ0n) is 10.5. The molecule has 18 heavy (non-hydrogen) atoms.